The van der Waals surface area contributed by atoms with Crippen molar-refractivity contribution in [1.29, 1.82) is 0 Å². The van der Waals surface area contributed by atoms with Gasteiger partial charge >= 0.3 is 0 Å². The van der Waals surface area contributed by atoms with Crippen molar-refractivity contribution in [2.75, 3.05) is 18.0 Å². The molecule has 18 heavy (non-hydrogen) atoms. The summed E-state index contributed by atoms with van der Waals surface area (Å²) in [7, 11) is 0. The number of anilines is 1. The second-order valence-corrected chi connectivity index (χ2v) is 6.08. The van der Waals surface area contributed by atoms with Gasteiger partial charge in [-0.05, 0) is 32.3 Å². The number of hydrogen-bond donors (Lipinski definition) is 1. The molecule has 0 radical (unpaired) electrons. The van der Waals surface area contributed by atoms with Crippen molar-refractivity contribution in [3.63, 3.8) is 0 Å². The minimum atomic E-state index is 0.631. The molecule has 1 fully saturated rings. The maximum atomic E-state index is 5.74. The number of thiophene rings is 1. The van der Waals surface area contributed by atoms with Crippen LogP contribution < -0.4 is 10.6 Å². The molecule has 0 unspecified atom stereocenters. The SMILES string of the molecule is Cc1sc2ncnc(N(CCN)C3CC3)c2c1C. The summed E-state index contributed by atoms with van der Waals surface area (Å²) in [5.41, 5.74) is 7.05. The summed E-state index contributed by atoms with van der Waals surface area (Å²) >= 11 is 1.75. The molecule has 3 rings (SSSR count). The molecule has 0 aromatic carbocycles. The van der Waals surface area contributed by atoms with Crippen LogP contribution in [0.25, 0.3) is 10.2 Å². The molecule has 0 spiro atoms. The lowest BCUT2D eigenvalue weighted by Gasteiger charge is -2.23. The molecular formula is C13H18N4S. The number of rotatable bonds is 4. The van der Waals surface area contributed by atoms with Crippen LogP contribution in [-0.2, 0) is 0 Å². The van der Waals surface area contributed by atoms with Gasteiger partial charge in [-0.25, -0.2) is 9.97 Å². The van der Waals surface area contributed by atoms with E-state index >= 15 is 0 Å². The van der Waals surface area contributed by atoms with Crippen molar-refractivity contribution in [3.8, 4) is 0 Å². The van der Waals surface area contributed by atoms with E-state index in [4.69, 9.17) is 5.73 Å². The van der Waals surface area contributed by atoms with Gasteiger partial charge in [-0.15, -0.1) is 11.3 Å². The van der Waals surface area contributed by atoms with E-state index in [1.807, 2.05) is 0 Å². The monoisotopic (exact) mass is 262 g/mol. The Morgan fingerprint density at radius 1 is 1.39 bits per heavy atom. The first-order chi connectivity index (χ1) is 8.72. The van der Waals surface area contributed by atoms with E-state index in [-0.39, 0.29) is 0 Å². The molecule has 2 aromatic rings. The third-order valence-corrected chi connectivity index (χ3v) is 4.69. The second-order valence-electron chi connectivity index (χ2n) is 4.87. The van der Waals surface area contributed by atoms with Crippen molar-refractivity contribution in [3.05, 3.63) is 16.8 Å². The molecule has 1 saturated carbocycles. The fraction of sp³-hybridized carbons (Fsp3) is 0.538. The Labute approximate surface area is 111 Å². The normalized spacial score (nSPS) is 15.3. The largest absolute Gasteiger partial charge is 0.352 e. The molecule has 1 aliphatic carbocycles. The Morgan fingerprint density at radius 2 is 2.17 bits per heavy atom. The van der Waals surface area contributed by atoms with Crippen LogP contribution in [0.15, 0.2) is 6.33 Å². The van der Waals surface area contributed by atoms with Crippen LogP contribution in [0.5, 0.6) is 0 Å². The Hall–Kier alpha value is -1.20. The summed E-state index contributed by atoms with van der Waals surface area (Å²) in [6, 6.07) is 0.631. The van der Waals surface area contributed by atoms with Gasteiger partial charge in [-0.1, -0.05) is 0 Å². The molecular weight excluding hydrogens is 244 g/mol. The third kappa shape index (κ3) is 1.87. The van der Waals surface area contributed by atoms with Crippen LogP contribution >= 0.6 is 11.3 Å². The van der Waals surface area contributed by atoms with Gasteiger partial charge in [0, 0.05) is 24.0 Å². The fourth-order valence-corrected chi connectivity index (χ4v) is 3.36. The zero-order chi connectivity index (χ0) is 12.7. The van der Waals surface area contributed by atoms with E-state index in [9.17, 15) is 0 Å². The van der Waals surface area contributed by atoms with Gasteiger partial charge in [0.2, 0.25) is 0 Å². The van der Waals surface area contributed by atoms with Crippen molar-refractivity contribution in [2.45, 2.75) is 32.7 Å². The number of hydrogen-bond acceptors (Lipinski definition) is 5. The average molecular weight is 262 g/mol. The van der Waals surface area contributed by atoms with Crippen LogP contribution in [0.2, 0.25) is 0 Å². The molecule has 0 amide bonds. The predicted octanol–water partition coefficient (Wildman–Crippen LogP) is 2.24. The van der Waals surface area contributed by atoms with E-state index in [0.29, 0.717) is 12.6 Å². The molecule has 0 atom stereocenters. The maximum Gasteiger partial charge on any atom is 0.141 e. The third-order valence-electron chi connectivity index (χ3n) is 3.58. The van der Waals surface area contributed by atoms with E-state index in [1.54, 1.807) is 17.7 Å². The van der Waals surface area contributed by atoms with Gasteiger partial charge in [0.05, 0.1) is 5.39 Å². The second kappa shape index (κ2) is 4.48. The lowest BCUT2D eigenvalue weighted by Crippen LogP contribution is -2.32. The molecule has 2 aromatic heterocycles. The molecule has 4 nitrogen and oxygen atoms in total. The zero-order valence-electron chi connectivity index (χ0n) is 10.8. The molecule has 2 N–H and O–H groups in total. The fourth-order valence-electron chi connectivity index (χ4n) is 2.37. The van der Waals surface area contributed by atoms with Crippen LogP contribution in [0.1, 0.15) is 23.3 Å². The number of fused-ring (bicyclic) bond motifs is 1. The molecule has 0 aliphatic heterocycles. The summed E-state index contributed by atoms with van der Waals surface area (Å²) < 4.78 is 0. The highest BCUT2D eigenvalue weighted by molar-refractivity contribution is 7.18. The first-order valence-corrected chi connectivity index (χ1v) is 7.21. The van der Waals surface area contributed by atoms with E-state index in [1.165, 1.54) is 28.7 Å². The van der Waals surface area contributed by atoms with Gasteiger partial charge in [0.25, 0.3) is 0 Å². The quantitative estimate of drug-likeness (QED) is 0.918. The number of nitrogens with two attached hydrogens (primary N) is 1. The van der Waals surface area contributed by atoms with Gasteiger partial charge in [0.1, 0.15) is 17.0 Å². The van der Waals surface area contributed by atoms with Crippen molar-refractivity contribution >= 4 is 27.4 Å². The minimum Gasteiger partial charge on any atom is -0.352 e. The Balaban J connectivity index is 2.14. The van der Waals surface area contributed by atoms with Crippen LogP contribution in [0.3, 0.4) is 0 Å². The first kappa shape index (κ1) is 11.9. The average Bonchev–Trinajstić information content (AvgIpc) is 3.15. The summed E-state index contributed by atoms with van der Waals surface area (Å²) in [6.45, 7) is 5.86. The number of aryl methyl sites for hydroxylation is 2. The van der Waals surface area contributed by atoms with Crippen LogP contribution in [0, 0.1) is 13.8 Å². The Kier molecular flexibility index (Phi) is 2.95. The highest BCUT2D eigenvalue weighted by atomic mass is 32.1. The van der Waals surface area contributed by atoms with E-state index < -0.39 is 0 Å². The van der Waals surface area contributed by atoms with Gasteiger partial charge in [-0.2, -0.15) is 0 Å². The van der Waals surface area contributed by atoms with Gasteiger partial charge in [0.15, 0.2) is 0 Å². The topological polar surface area (TPSA) is 55.0 Å². The Bertz CT molecular complexity index is 574. The van der Waals surface area contributed by atoms with E-state index in [2.05, 4.69) is 28.7 Å². The van der Waals surface area contributed by atoms with Gasteiger partial charge in [-0.3, -0.25) is 0 Å². The highest BCUT2D eigenvalue weighted by Crippen LogP contribution is 2.38. The summed E-state index contributed by atoms with van der Waals surface area (Å²) in [6.07, 6.45) is 4.19. The predicted molar refractivity (Wildman–Crippen MR) is 76.3 cm³/mol. The molecule has 1 aliphatic rings. The summed E-state index contributed by atoms with van der Waals surface area (Å²) in [5.74, 6) is 1.08. The van der Waals surface area contributed by atoms with Crippen LogP contribution in [-0.4, -0.2) is 29.1 Å². The lowest BCUT2D eigenvalue weighted by atomic mass is 10.2. The van der Waals surface area contributed by atoms with Crippen molar-refractivity contribution < 1.29 is 0 Å². The first-order valence-electron chi connectivity index (χ1n) is 6.39. The van der Waals surface area contributed by atoms with Gasteiger partial charge < -0.3 is 10.6 Å². The van der Waals surface area contributed by atoms with Crippen molar-refractivity contribution in [2.24, 2.45) is 5.73 Å². The van der Waals surface area contributed by atoms with E-state index in [0.717, 1.165) is 17.2 Å². The lowest BCUT2D eigenvalue weighted by molar-refractivity contribution is 0.774. The molecule has 5 heteroatoms. The summed E-state index contributed by atoms with van der Waals surface area (Å²) in [5, 5.41) is 1.22. The molecule has 0 saturated heterocycles. The maximum absolute atomic E-state index is 5.74. The number of nitrogens with zero attached hydrogens (tertiary/aromatic N) is 3. The smallest absolute Gasteiger partial charge is 0.141 e. The standard InChI is InChI=1S/C13H18N4S/c1-8-9(2)18-13-11(8)12(15-7-16-13)17(6-5-14)10-3-4-10/h7,10H,3-6,14H2,1-2H3. The summed E-state index contributed by atoms with van der Waals surface area (Å²) in [4.78, 5) is 13.7. The Morgan fingerprint density at radius 3 is 2.83 bits per heavy atom. The number of aromatic nitrogens is 2. The molecule has 96 valence electrons. The van der Waals surface area contributed by atoms with Crippen molar-refractivity contribution in [1.82, 2.24) is 9.97 Å². The molecule has 2 heterocycles. The molecule has 0 bridgehead atoms. The zero-order valence-corrected chi connectivity index (χ0v) is 11.6. The highest BCUT2D eigenvalue weighted by Gasteiger charge is 2.31. The minimum absolute atomic E-state index is 0.631. The van der Waals surface area contributed by atoms with Crippen LogP contribution in [0.4, 0.5) is 5.82 Å².